The highest BCUT2D eigenvalue weighted by molar-refractivity contribution is 6.28. The van der Waals surface area contributed by atoms with E-state index in [1.54, 1.807) is 13.0 Å². The monoisotopic (exact) mass is 252 g/mol. The molecule has 0 spiro atoms. The van der Waals surface area contributed by atoms with Crippen LogP contribution in [0, 0.1) is 12.7 Å². The number of benzene rings is 1. The van der Waals surface area contributed by atoms with E-state index in [9.17, 15) is 4.39 Å². The number of aryl methyl sites for hydroxylation is 1. The molecule has 0 saturated heterocycles. The highest BCUT2D eigenvalue weighted by atomic mass is 35.5. The number of nitrogens with one attached hydrogen (secondary N) is 1. The minimum absolute atomic E-state index is 0.0986. The van der Waals surface area contributed by atoms with E-state index in [-0.39, 0.29) is 11.1 Å². The maximum Gasteiger partial charge on any atom is 0.224 e. The molecule has 88 valence electrons. The summed E-state index contributed by atoms with van der Waals surface area (Å²) in [7, 11) is 0. The molecule has 2 rings (SSSR count). The summed E-state index contributed by atoms with van der Waals surface area (Å²) in [5, 5.41) is 3.08. The van der Waals surface area contributed by atoms with Gasteiger partial charge in [-0.25, -0.2) is 9.37 Å². The van der Waals surface area contributed by atoms with Crippen LogP contribution < -0.4 is 11.1 Å². The number of hydrogen-bond acceptors (Lipinski definition) is 4. The molecule has 0 atom stereocenters. The van der Waals surface area contributed by atoms with Crippen LogP contribution in [0.1, 0.15) is 5.56 Å². The van der Waals surface area contributed by atoms with Gasteiger partial charge in [-0.15, -0.1) is 0 Å². The van der Waals surface area contributed by atoms with Crippen molar-refractivity contribution < 1.29 is 4.39 Å². The van der Waals surface area contributed by atoms with Crippen molar-refractivity contribution in [2.45, 2.75) is 6.92 Å². The Morgan fingerprint density at radius 3 is 2.88 bits per heavy atom. The first kappa shape index (κ1) is 11.6. The Morgan fingerprint density at radius 2 is 2.18 bits per heavy atom. The molecule has 2 aromatic rings. The second-order valence-electron chi connectivity index (χ2n) is 3.53. The first-order valence-electron chi connectivity index (χ1n) is 4.87. The Kier molecular flexibility index (Phi) is 3.10. The van der Waals surface area contributed by atoms with Gasteiger partial charge in [0.2, 0.25) is 5.28 Å². The maximum absolute atomic E-state index is 12.9. The van der Waals surface area contributed by atoms with Crippen LogP contribution >= 0.6 is 11.6 Å². The maximum atomic E-state index is 12.9. The highest BCUT2D eigenvalue weighted by Gasteiger charge is 2.06. The molecule has 0 unspecified atom stereocenters. The van der Waals surface area contributed by atoms with E-state index < -0.39 is 0 Å². The smallest absolute Gasteiger partial charge is 0.224 e. The molecule has 0 bridgehead atoms. The van der Waals surface area contributed by atoms with E-state index in [1.165, 1.54) is 18.3 Å². The van der Waals surface area contributed by atoms with E-state index in [2.05, 4.69) is 15.3 Å². The van der Waals surface area contributed by atoms with E-state index in [0.717, 1.165) is 5.56 Å². The predicted octanol–water partition coefficient (Wildman–Crippen LogP) is 2.90. The number of rotatable bonds is 2. The number of nitrogens with two attached hydrogens (primary N) is 1. The van der Waals surface area contributed by atoms with Crippen molar-refractivity contribution in [2.24, 2.45) is 0 Å². The topological polar surface area (TPSA) is 63.8 Å². The first-order chi connectivity index (χ1) is 8.06. The van der Waals surface area contributed by atoms with Gasteiger partial charge in [0, 0.05) is 5.69 Å². The summed E-state index contributed by atoms with van der Waals surface area (Å²) in [6.07, 6.45) is 1.41. The normalized spacial score (nSPS) is 10.3. The predicted molar refractivity (Wildman–Crippen MR) is 65.9 cm³/mol. The average Bonchev–Trinajstić information content (AvgIpc) is 2.27. The molecule has 0 aliphatic carbocycles. The van der Waals surface area contributed by atoms with Crippen LogP contribution in [-0.4, -0.2) is 9.97 Å². The molecular weight excluding hydrogens is 243 g/mol. The number of anilines is 3. The summed E-state index contributed by atoms with van der Waals surface area (Å²) in [5.41, 5.74) is 7.54. The molecule has 4 nitrogen and oxygen atoms in total. The lowest BCUT2D eigenvalue weighted by Crippen LogP contribution is -2.02. The van der Waals surface area contributed by atoms with E-state index in [1.807, 2.05) is 0 Å². The minimum atomic E-state index is -0.290. The zero-order valence-corrected chi connectivity index (χ0v) is 9.79. The summed E-state index contributed by atoms with van der Waals surface area (Å²) in [6, 6.07) is 4.38. The van der Waals surface area contributed by atoms with Gasteiger partial charge in [0.25, 0.3) is 0 Å². The van der Waals surface area contributed by atoms with Crippen molar-refractivity contribution in [3.63, 3.8) is 0 Å². The molecule has 0 amide bonds. The molecule has 6 heteroatoms. The van der Waals surface area contributed by atoms with E-state index in [4.69, 9.17) is 17.3 Å². The molecule has 0 saturated carbocycles. The van der Waals surface area contributed by atoms with E-state index >= 15 is 0 Å². The summed E-state index contributed by atoms with van der Waals surface area (Å²) < 4.78 is 12.9. The number of nitrogen functional groups attached to an aromatic ring is 1. The van der Waals surface area contributed by atoms with Gasteiger partial charge < -0.3 is 11.1 Å². The van der Waals surface area contributed by atoms with Gasteiger partial charge in [0.15, 0.2) is 5.82 Å². The summed E-state index contributed by atoms with van der Waals surface area (Å²) >= 11 is 5.67. The Balaban J connectivity index is 2.34. The van der Waals surface area contributed by atoms with Gasteiger partial charge in [-0.2, -0.15) is 4.98 Å². The summed E-state index contributed by atoms with van der Waals surface area (Å²) in [6.45, 7) is 1.78. The van der Waals surface area contributed by atoms with Gasteiger partial charge in [0.05, 0.1) is 11.9 Å². The molecule has 3 N–H and O–H groups in total. The third-order valence-electron chi connectivity index (χ3n) is 2.23. The van der Waals surface area contributed by atoms with Crippen LogP contribution in [0.5, 0.6) is 0 Å². The number of hydrogen-bond donors (Lipinski definition) is 2. The molecular formula is C11H10ClFN4. The van der Waals surface area contributed by atoms with Gasteiger partial charge in [0.1, 0.15) is 5.82 Å². The van der Waals surface area contributed by atoms with Crippen molar-refractivity contribution >= 4 is 28.8 Å². The minimum Gasteiger partial charge on any atom is -0.394 e. The first-order valence-corrected chi connectivity index (χ1v) is 5.25. The molecule has 1 aromatic carbocycles. The SMILES string of the molecule is Cc1cc(F)ccc1Nc1nc(Cl)ncc1N. The highest BCUT2D eigenvalue weighted by Crippen LogP contribution is 2.24. The van der Waals surface area contributed by atoms with Crippen molar-refractivity contribution in [3.05, 3.63) is 41.1 Å². The van der Waals surface area contributed by atoms with Gasteiger partial charge >= 0.3 is 0 Å². The Hall–Kier alpha value is -1.88. The Bertz CT molecular complexity index is 559. The third kappa shape index (κ3) is 2.62. The van der Waals surface area contributed by atoms with Crippen LogP contribution in [0.2, 0.25) is 5.28 Å². The van der Waals surface area contributed by atoms with Crippen LogP contribution in [0.25, 0.3) is 0 Å². The fourth-order valence-corrected chi connectivity index (χ4v) is 1.50. The Labute approximate surface area is 103 Å². The van der Waals surface area contributed by atoms with Gasteiger partial charge in [-0.3, -0.25) is 0 Å². The molecule has 0 aliphatic rings. The molecule has 0 aliphatic heterocycles. The quantitative estimate of drug-likeness (QED) is 0.807. The van der Waals surface area contributed by atoms with Crippen LogP contribution in [-0.2, 0) is 0 Å². The van der Waals surface area contributed by atoms with Crippen LogP contribution in [0.15, 0.2) is 24.4 Å². The second kappa shape index (κ2) is 4.55. The molecule has 17 heavy (non-hydrogen) atoms. The largest absolute Gasteiger partial charge is 0.394 e. The Morgan fingerprint density at radius 1 is 1.41 bits per heavy atom. The number of halogens is 2. The zero-order valence-electron chi connectivity index (χ0n) is 9.04. The summed E-state index contributed by atoms with van der Waals surface area (Å²) in [5.74, 6) is 0.112. The average molecular weight is 253 g/mol. The van der Waals surface area contributed by atoms with Crippen molar-refractivity contribution in [2.75, 3.05) is 11.1 Å². The van der Waals surface area contributed by atoms with E-state index in [0.29, 0.717) is 17.2 Å². The lowest BCUT2D eigenvalue weighted by atomic mass is 10.2. The fraction of sp³-hybridized carbons (Fsp3) is 0.0909. The fourth-order valence-electron chi connectivity index (χ4n) is 1.36. The molecule has 1 aromatic heterocycles. The van der Waals surface area contributed by atoms with Crippen LogP contribution in [0.3, 0.4) is 0 Å². The number of nitrogens with zero attached hydrogens (tertiary/aromatic N) is 2. The third-order valence-corrected chi connectivity index (χ3v) is 2.41. The number of aromatic nitrogens is 2. The lowest BCUT2D eigenvalue weighted by molar-refractivity contribution is 0.627. The van der Waals surface area contributed by atoms with Crippen LogP contribution in [0.4, 0.5) is 21.6 Å². The lowest BCUT2D eigenvalue weighted by Gasteiger charge is -2.10. The zero-order chi connectivity index (χ0) is 12.4. The molecule has 0 radical (unpaired) electrons. The van der Waals surface area contributed by atoms with Crippen molar-refractivity contribution in [3.8, 4) is 0 Å². The molecule has 0 fully saturated rings. The summed E-state index contributed by atoms with van der Waals surface area (Å²) in [4.78, 5) is 7.70. The van der Waals surface area contributed by atoms with Gasteiger partial charge in [-0.05, 0) is 42.3 Å². The van der Waals surface area contributed by atoms with Crippen molar-refractivity contribution in [1.82, 2.24) is 9.97 Å². The second-order valence-corrected chi connectivity index (χ2v) is 3.87. The van der Waals surface area contributed by atoms with Crippen molar-refractivity contribution in [1.29, 1.82) is 0 Å². The molecule has 1 heterocycles. The van der Waals surface area contributed by atoms with Gasteiger partial charge in [-0.1, -0.05) is 0 Å². The standard InChI is InChI=1S/C11H10ClFN4/c1-6-4-7(13)2-3-9(6)16-10-8(14)5-15-11(12)17-10/h2-5H,14H2,1H3,(H,15,16,17).